The summed E-state index contributed by atoms with van der Waals surface area (Å²) in [6.45, 7) is 3.89. The third-order valence-electron chi connectivity index (χ3n) is 7.46. The van der Waals surface area contributed by atoms with E-state index in [1.807, 2.05) is 68.4 Å². The minimum atomic E-state index is -4.25. The Bertz CT molecular complexity index is 1750. The number of carbonyl (C=O) groups is 2. The van der Waals surface area contributed by atoms with Crippen molar-refractivity contribution < 1.29 is 27.5 Å². The smallest absolute Gasteiger partial charge is 0.264 e. The fourth-order valence-electron chi connectivity index (χ4n) is 5.04. The van der Waals surface area contributed by atoms with Crippen LogP contribution in [0.15, 0.2) is 112 Å². The van der Waals surface area contributed by atoms with Gasteiger partial charge in [-0.15, -0.1) is 0 Å². The highest BCUT2D eigenvalue weighted by atomic mass is 79.9. The maximum atomic E-state index is 14.6. The van der Waals surface area contributed by atoms with E-state index < -0.39 is 28.5 Å². The number of nitrogens with zero attached hydrogens (tertiary/aromatic N) is 2. The molecule has 1 unspecified atom stereocenters. The fourth-order valence-corrected chi connectivity index (χ4v) is 6.91. The van der Waals surface area contributed by atoms with Gasteiger partial charge in [-0.05, 0) is 53.4 Å². The number of hydrogen-bond acceptors (Lipinski definition) is 6. The van der Waals surface area contributed by atoms with Gasteiger partial charge in [-0.25, -0.2) is 8.42 Å². The van der Waals surface area contributed by atoms with Crippen molar-refractivity contribution in [2.24, 2.45) is 5.92 Å². The van der Waals surface area contributed by atoms with Crippen LogP contribution < -0.4 is 19.1 Å². The molecule has 0 aliphatic rings. The minimum Gasteiger partial charge on any atom is -0.493 e. The number of carbonyl (C=O) groups excluding carboxylic acids is 2. The topological polar surface area (TPSA) is 105 Å². The molecule has 2 amide bonds. The zero-order chi connectivity index (χ0) is 34.0. The maximum Gasteiger partial charge on any atom is 0.264 e. The van der Waals surface area contributed by atoms with Gasteiger partial charge >= 0.3 is 0 Å². The highest BCUT2D eigenvalue weighted by Crippen LogP contribution is 2.34. The molecule has 0 saturated carbocycles. The number of nitrogens with one attached hydrogen (secondary N) is 1. The first-order valence-corrected chi connectivity index (χ1v) is 17.4. The highest BCUT2D eigenvalue weighted by molar-refractivity contribution is 9.10. The number of anilines is 1. The Morgan fingerprint density at radius 2 is 1.45 bits per heavy atom. The third kappa shape index (κ3) is 9.36. The molecular weight excluding hydrogens is 682 g/mol. The summed E-state index contributed by atoms with van der Waals surface area (Å²) in [6, 6.07) is 28.6. The van der Waals surface area contributed by atoms with Crippen molar-refractivity contribution in [1.82, 2.24) is 10.2 Å². The second-order valence-electron chi connectivity index (χ2n) is 11.4. The monoisotopic (exact) mass is 721 g/mol. The molecule has 4 aromatic carbocycles. The van der Waals surface area contributed by atoms with E-state index in [1.54, 1.807) is 30.3 Å². The molecule has 0 aliphatic carbocycles. The van der Waals surface area contributed by atoms with Crippen LogP contribution in [0.25, 0.3) is 0 Å². The minimum absolute atomic E-state index is 0.0108. The number of ether oxygens (including phenoxy) is 2. The third-order valence-corrected chi connectivity index (χ3v) is 9.74. The molecule has 4 aromatic rings. The molecule has 0 aromatic heterocycles. The Labute approximate surface area is 285 Å². The van der Waals surface area contributed by atoms with E-state index in [4.69, 9.17) is 9.47 Å². The first kappa shape index (κ1) is 35.5. The summed E-state index contributed by atoms with van der Waals surface area (Å²) in [5.74, 6) is 0.00359. The van der Waals surface area contributed by atoms with Crippen LogP contribution in [0.1, 0.15) is 25.0 Å². The van der Waals surface area contributed by atoms with E-state index >= 15 is 0 Å². The van der Waals surface area contributed by atoms with Crippen LogP contribution in [-0.2, 0) is 32.6 Å². The molecule has 0 spiro atoms. The van der Waals surface area contributed by atoms with Crippen molar-refractivity contribution >= 4 is 43.5 Å². The summed E-state index contributed by atoms with van der Waals surface area (Å²) in [7, 11) is -1.32. The standard InChI is InChI=1S/C36H40BrN3O6S/c1-26(2)23-38-36(42)32(21-27-12-7-5-8-13-27)39(24-28-14-11-15-29(37)20-28)35(41)25-40(47(43,44)31-16-9-6-10-17-31)30-18-19-33(45-3)34(22-30)46-4/h5-20,22,26,32H,21,23-25H2,1-4H3,(H,38,42). The number of rotatable bonds is 15. The second kappa shape index (κ2) is 16.5. The highest BCUT2D eigenvalue weighted by Gasteiger charge is 2.35. The average Bonchev–Trinajstić information content (AvgIpc) is 3.08. The quantitative estimate of drug-likeness (QED) is 0.160. The summed E-state index contributed by atoms with van der Waals surface area (Å²) >= 11 is 3.51. The molecule has 0 radical (unpaired) electrons. The lowest BCUT2D eigenvalue weighted by molar-refractivity contribution is -0.140. The van der Waals surface area contributed by atoms with Gasteiger partial charge in [0.05, 0.1) is 24.8 Å². The van der Waals surface area contributed by atoms with Crippen LogP contribution in [0.5, 0.6) is 11.5 Å². The van der Waals surface area contributed by atoms with Gasteiger partial charge in [-0.1, -0.05) is 90.4 Å². The van der Waals surface area contributed by atoms with E-state index in [9.17, 15) is 18.0 Å². The number of benzene rings is 4. The maximum absolute atomic E-state index is 14.6. The molecule has 248 valence electrons. The molecule has 1 atom stereocenters. The van der Waals surface area contributed by atoms with E-state index in [1.165, 1.54) is 37.3 Å². The number of amides is 2. The first-order chi connectivity index (χ1) is 22.5. The van der Waals surface area contributed by atoms with Crippen LogP contribution in [0.2, 0.25) is 0 Å². The molecule has 1 N–H and O–H groups in total. The van der Waals surface area contributed by atoms with Crippen molar-refractivity contribution in [3.8, 4) is 11.5 Å². The summed E-state index contributed by atoms with van der Waals surface area (Å²) < 4.78 is 41.1. The van der Waals surface area contributed by atoms with E-state index in [2.05, 4.69) is 21.2 Å². The lowest BCUT2D eigenvalue weighted by atomic mass is 10.0. The summed E-state index contributed by atoms with van der Waals surface area (Å²) in [6.07, 6.45) is 0.228. The molecule has 0 heterocycles. The molecule has 0 bridgehead atoms. The predicted molar refractivity (Wildman–Crippen MR) is 187 cm³/mol. The SMILES string of the molecule is COc1ccc(N(CC(=O)N(Cc2cccc(Br)c2)C(Cc2ccccc2)C(=O)NCC(C)C)S(=O)(=O)c2ccccc2)cc1OC. The van der Waals surface area contributed by atoms with E-state index in [0.29, 0.717) is 18.0 Å². The van der Waals surface area contributed by atoms with Crippen molar-refractivity contribution in [1.29, 1.82) is 0 Å². The van der Waals surface area contributed by atoms with Crippen LogP contribution in [-0.4, -0.2) is 58.5 Å². The normalized spacial score (nSPS) is 11.9. The van der Waals surface area contributed by atoms with Gasteiger partial charge in [0, 0.05) is 30.0 Å². The van der Waals surface area contributed by atoms with Gasteiger partial charge in [0.25, 0.3) is 10.0 Å². The predicted octanol–water partition coefficient (Wildman–Crippen LogP) is 6.07. The van der Waals surface area contributed by atoms with Crippen LogP contribution in [0.4, 0.5) is 5.69 Å². The zero-order valence-corrected chi connectivity index (χ0v) is 29.3. The van der Waals surface area contributed by atoms with Crippen molar-refractivity contribution in [3.63, 3.8) is 0 Å². The van der Waals surface area contributed by atoms with Crippen LogP contribution in [0, 0.1) is 5.92 Å². The molecule has 0 fully saturated rings. The van der Waals surface area contributed by atoms with Gasteiger partial charge in [0.1, 0.15) is 12.6 Å². The first-order valence-electron chi connectivity index (χ1n) is 15.2. The molecular formula is C36H40BrN3O6S. The lowest BCUT2D eigenvalue weighted by Gasteiger charge is -2.34. The second-order valence-corrected chi connectivity index (χ2v) is 14.1. The molecule has 11 heteroatoms. The van der Waals surface area contributed by atoms with Gasteiger partial charge in [0.2, 0.25) is 11.8 Å². The van der Waals surface area contributed by atoms with Gasteiger partial charge < -0.3 is 19.7 Å². The van der Waals surface area contributed by atoms with Gasteiger partial charge in [0.15, 0.2) is 11.5 Å². The fraction of sp³-hybridized carbons (Fsp3) is 0.278. The number of sulfonamides is 1. The Morgan fingerprint density at radius 3 is 2.06 bits per heavy atom. The Balaban J connectivity index is 1.83. The molecule has 0 aliphatic heterocycles. The summed E-state index contributed by atoms with van der Waals surface area (Å²) in [5.41, 5.74) is 1.83. The molecule has 0 saturated heterocycles. The lowest BCUT2D eigenvalue weighted by Crippen LogP contribution is -2.53. The summed E-state index contributed by atoms with van der Waals surface area (Å²) in [4.78, 5) is 30.0. The molecule has 47 heavy (non-hydrogen) atoms. The van der Waals surface area contributed by atoms with Crippen molar-refractivity contribution in [2.75, 3.05) is 31.6 Å². The molecule has 9 nitrogen and oxygen atoms in total. The van der Waals surface area contributed by atoms with E-state index in [-0.39, 0.29) is 35.4 Å². The van der Waals surface area contributed by atoms with Crippen LogP contribution >= 0.6 is 15.9 Å². The number of methoxy groups -OCH3 is 2. The van der Waals surface area contributed by atoms with E-state index in [0.717, 1.165) is 19.9 Å². The van der Waals surface area contributed by atoms with Crippen molar-refractivity contribution in [2.45, 2.75) is 37.8 Å². The van der Waals surface area contributed by atoms with Gasteiger partial charge in [-0.2, -0.15) is 0 Å². The largest absolute Gasteiger partial charge is 0.493 e. The average molecular weight is 723 g/mol. The van der Waals surface area contributed by atoms with Crippen LogP contribution in [0.3, 0.4) is 0 Å². The Hall–Kier alpha value is -4.35. The Morgan fingerprint density at radius 1 is 0.809 bits per heavy atom. The number of hydrogen-bond donors (Lipinski definition) is 1. The summed E-state index contributed by atoms with van der Waals surface area (Å²) in [5, 5.41) is 3.00. The van der Waals surface area contributed by atoms with Crippen molar-refractivity contribution in [3.05, 3.63) is 119 Å². The zero-order valence-electron chi connectivity index (χ0n) is 26.9. The molecule has 4 rings (SSSR count). The van der Waals surface area contributed by atoms with Gasteiger partial charge in [-0.3, -0.25) is 13.9 Å². The Kier molecular flexibility index (Phi) is 12.4. The number of halogens is 1.